The van der Waals surface area contributed by atoms with Crippen LogP contribution < -0.4 is 9.55 Å². The van der Waals surface area contributed by atoms with Crippen molar-refractivity contribution in [3.05, 3.63) is 133 Å². The molecular weight excluding hydrogens is 405 g/mol. The van der Waals surface area contributed by atoms with Gasteiger partial charge in [-0.1, -0.05) is 90.5 Å². The molecule has 0 atom stereocenters. The van der Waals surface area contributed by atoms with Gasteiger partial charge in [-0.05, 0) is 54.8 Å². The number of fused-ring (bicyclic) bond motifs is 1. The zero-order valence-electron chi connectivity index (χ0n) is 18.5. The van der Waals surface area contributed by atoms with Gasteiger partial charge in [0, 0.05) is 16.8 Å². The van der Waals surface area contributed by atoms with E-state index in [4.69, 9.17) is 9.68 Å². The topological polar surface area (TPSA) is 32.7 Å². The van der Waals surface area contributed by atoms with Crippen LogP contribution in [0, 0.1) is 6.92 Å². The quantitative estimate of drug-likeness (QED) is 0.299. The van der Waals surface area contributed by atoms with Gasteiger partial charge in [-0.3, -0.25) is 0 Å². The van der Waals surface area contributed by atoms with Crippen LogP contribution in [0.1, 0.15) is 5.56 Å². The van der Waals surface area contributed by atoms with Gasteiger partial charge in [-0.25, -0.2) is 0 Å². The zero-order chi connectivity index (χ0) is 22.9. The van der Waals surface area contributed by atoms with Crippen LogP contribution in [-0.2, 0) is 0 Å². The molecule has 0 bridgehead atoms. The molecule has 4 heteroatoms. The minimum absolute atomic E-state index is 0.585. The highest BCUT2D eigenvalue weighted by atomic mass is 16.5. The third kappa shape index (κ3) is 5.62. The van der Waals surface area contributed by atoms with Crippen molar-refractivity contribution in [2.75, 3.05) is 4.90 Å². The molecule has 161 valence electrons. The number of benzene rings is 5. The largest absolute Gasteiger partial charge is 0.569 e. The van der Waals surface area contributed by atoms with Crippen LogP contribution in [0.3, 0.4) is 0 Å². The van der Waals surface area contributed by atoms with E-state index in [-0.39, 0.29) is 0 Å². The summed E-state index contributed by atoms with van der Waals surface area (Å²) in [4.78, 5) is 2.22. The van der Waals surface area contributed by atoms with E-state index in [1.54, 1.807) is 0 Å². The van der Waals surface area contributed by atoms with Crippen molar-refractivity contribution in [3.63, 3.8) is 0 Å². The van der Waals surface area contributed by atoms with Gasteiger partial charge in [0.05, 0.1) is 5.69 Å². The first-order valence-electron chi connectivity index (χ1n) is 10.8. The molecule has 0 amide bonds. The lowest BCUT2D eigenvalue weighted by Crippen LogP contribution is -2.10. The maximum atomic E-state index is 8.81. The van der Waals surface area contributed by atoms with Crippen molar-refractivity contribution < 1.29 is 9.68 Å². The van der Waals surface area contributed by atoms with Crippen LogP contribution in [0.15, 0.2) is 127 Å². The lowest BCUT2D eigenvalue weighted by Gasteiger charge is -2.27. The first-order valence-corrected chi connectivity index (χ1v) is 10.8. The third-order valence-electron chi connectivity index (χ3n) is 5.25. The van der Waals surface area contributed by atoms with Gasteiger partial charge in [0.2, 0.25) is 0 Å². The molecule has 5 aromatic rings. The molecule has 0 aliphatic carbocycles. The average molecular weight is 430 g/mol. The van der Waals surface area contributed by atoms with Crippen LogP contribution in [0.2, 0.25) is 0 Å². The Hall–Kier alpha value is -4.02. The highest BCUT2D eigenvalue weighted by molar-refractivity contribution is 6.17. The second kappa shape index (κ2) is 11.0. The number of anilines is 3. The lowest BCUT2D eigenvalue weighted by molar-refractivity contribution is 0.454. The Morgan fingerprint density at radius 3 is 1.82 bits per heavy atom. The Balaban J connectivity index is 0.000000318. The number of nitrogens with zero attached hydrogens (tertiary/aromatic N) is 1. The predicted molar refractivity (Wildman–Crippen MR) is 138 cm³/mol. The second-order valence-corrected chi connectivity index (χ2v) is 7.54. The fourth-order valence-corrected chi connectivity index (χ4v) is 3.68. The fourth-order valence-electron chi connectivity index (χ4n) is 3.68. The molecule has 0 aliphatic heterocycles. The van der Waals surface area contributed by atoms with E-state index in [1.807, 2.05) is 60.7 Å². The third-order valence-corrected chi connectivity index (χ3v) is 5.25. The number of para-hydroxylation sites is 1. The van der Waals surface area contributed by atoms with E-state index < -0.39 is 0 Å². The van der Waals surface area contributed by atoms with Gasteiger partial charge < -0.3 is 14.6 Å². The van der Waals surface area contributed by atoms with Crippen LogP contribution in [0.5, 0.6) is 5.75 Å². The summed E-state index contributed by atoms with van der Waals surface area (Å²) in [5, 5.41) is 11.2. The van der Waals surface area contributed by atoms with E-state index >= 15 is 0 Å². The Labute approximate surface area is 195 Å². The van der Waals surface area contributed by atoms with Crippen LogP contribution in [-0.4, -0.2) is 12.7 Å². The highest BCUT2D eigenvalue weighted by Gasteiger charge is 2.14. The Morgan fingerprint density at radius 2 is 1.18 bits per heavy atom. The number of aryl methyl sites for hydroxylation is 1. The van der Waals surface area contributed by atoms with E-state index in [0.717, 1.165) is 17.1 Å². The van der Waals surface area contributed by atoms with E-state index in [0.29, 0.717) is 13.4 Å². The highest BCUT2D eigenvalue weighted by Crippen LogP contribution is 2.38. The minimum Gasteiger partial charge on any atom is -0.537 e. The van der Waals surface area contributed by atoms with E-state index in [9.17, 15) is 0 Å². The lowest BCUT2D eigenvalue weighted by atomic mass is 10.1. The normalized spacial score (nSPS) is 10.1. The van der Waals surface area contributed by atoms with Crippen LogP contribution in [0.25, 0.3) is 10.8 Å². The maximum absolute atomic E-state index is 8.81. The summed E-state index contributed by atoms with van der Waals surface area (Å²) in [5.74, 6) is 0.585. The summed E-state index contributed by atoms with van der Waals surface area (Å²) in [6.45, 7) is 2.08. The summed E-state index contributed by atoms with van der Waals surface area (Å²) in [5.41, 5.74) is 4.52. The van der Waals surface area contributed by atoms with Gasteiger partial charge >= 0.3 is 7.69 Å². The standard InChI is InChI=1S/C22H17BNO2.C7H8/c25-23-26-20-15-13-19(14-16-20)24(18-9-2-1-3-10-18)22-12-6-8-17-7-4-5-11-21(17)22;1-7-5-3-2-4-6-7/h1-16,25H;2-6H,1H3. The number of hydrogen-bond acceptors (Lipinski definition) is 3. The summed E-state index contributed by atoms with van der Waals surface area (Å²) in [7, 11) is 0.689. The molecule has 0 unspecified atom stereocenters. The van der Waals surface area contributed by atoms with Crippen molar-refractivity contribution in [3.8, 4) is 5.75 Å². The molecule has 0 aliphatic rings. The number of rotatable bonds is 5. The van der Waals surface area contributed by atoms with Crippen LogP contribution >= 0.6 is 0 Å². The van der Waals surface area contributed by atoms with Crippen LogP contribution in [0.4, 0.5) is 17.1 Å². The molecule has 3 nitrogen and oxygen atoms in total. The Bertz CT molecular complexity index is 1270. The SMILES string of the molecule is Cc1ccccc1.O[B]Oc1ccc(N(c2ccccc2)c2cccc3ccccc23)cc1. The fraction of sp³-hybridized carbons (Fsp3) is 0.0345. The zero-order valence-corrected chi connectivity index (χ0v) is 18.5. The molecular formula is C29H25BNO2. The molecule has 0 saturated heterocycles. The van der Waals surface area contributed by atoms with Crippen molar-refractivity contribution >= 4 is 35.5 Å². The van der Waals surface area contributed by atoms with Gasteiger partial charge in [-0.15, -0.1) is 0 Å². The van der Waals surface area contributed by atoms with E-state index in [2.05, 4.69) is 78.6 Å². The summed E-state index contributed by atoms with van der Waals surface area (Å²) < 4.78 is 5.03. The molecule has 0 spiro atoms. The summed E-state index contributed by atoms with van der Waals surface area (Å²) in [6.07, 6.45) is 0. The summed E-state index contributed by atoms with van der Waals surface area (Å²) >= 11 is 0. The predicted octanol–water partition coefficient (Wildman–Crippen LogP) is 7.21. The van der Waals surface area contributed by atoms with E-state index in [1.165, 1.54) is 16.3 Å². The second-order valence-electron chi connectivity index (χ2n) is 7.54. The monoisotopic (exact) mass is 430 g/mol. The summed E-state index contributed by atoms with van der Waals surface area (Å²) in [6, 6.07) is 42.8. The first-order chi connectivity index (χ1) is 16.3. The number of hydrogen-bond donors (Lipinski definition) is 1. The van der Waals surface area contributed by atoms with Crippen molar-refractivity contribution in [2.45, 2.75) is 6.92 Å². The molecule has 0 heterocycles. The van der Waals surface area contributed by atoms with Crippen molar-refractivity contribution in [2.24, 2.45) is 0 Å². The van der Waals surface area contributed by atoms with Gasteiger partial charge in [-0.2, -0.15) is 0 Å². The van der Waals surface area contributed by atoms with Gasteiger partial charge in [0.15, 0.2) is 0 Å². The smallest absolute Gasteiger partial charge is 0.537 e. The molecule has 0 fully saturated rings. The molecule has 1 radical (unpaired) electrons. The molecule has 5 rings (SSSR count). The minimum atomic E-state index is 0.585. The Kier molecular flexibility index (Phi) is 7.42. The van der Waals surface area contributed by atoms with Crippen molar-refractivity contribution in [1.82, 2.24) is 0 Å². The average Bonchev–Trinajstić information content (AvgIpc) is 2.87. The first kappa shape index (κ1) is 22.2. The molecule has 0 aromatic heterocycles. The Morgan fingerprint density at radius 1 is 0.606 bits per heavy atom. The van der Waals surface area contributed by atoms with Gasteiger partial charge in [0.1, 0.15) is 5.75 Å². The molecule has 0 saturated carbocycles. The molecule has 5 aromatic carbocycles. The van der Waals surface area contributed by atoms with Crippen molar-refractivity contribution in [1.29, 1.82) is 0 Å². The van der Waals surface area contributed by atoms with Gasteiger partial charge in [0.25, 0.3) is 0 Å². The molecule has 33 heavy (non-hydrogen) atoms. The molecule has 1 N–H and O–H groups in total. The maximum Gasteiger partial charge on any atom is 0.569 e.